The summed E-state index contributed by atoms with van der Waals surface area (Å²) < 4.78 is 2.24. The first-order chi connectivity index (χ1) is 13.7. The van der Waals surface area contributed by atoms with Gasteiger partial charge in [0.15, 0.2) is 6.20 Å². The van der Waals surface area contributed by atoms with Gasteiger partial charge in [-0.2, -0.15) is 0 Å². The molecule has 0 radical (unpaired) electrons. The highest BCUT2D eigenvalue weighted by Crippen LogP contribution is 2.33. The normalized spacial score (nSPS) is 11.2. The molecule has 0 aliphatic carbocycles. The molecule has 0 unspecified atom stereocenters. The van der Waals surface area contributed by atoms with E-state index >= 15 is 0 Å². The highest BCUT2D eigenvalue weighted by atomic mass is 14.9. The molecular formula is C27H22N+. The highest BCUT2D eigenvalue weighted by Gasteiger charge is 2.18. The first kappa shape index (κ1) is 16.7. The van der Waals surface area contributed by atoms with Crippen LogP contribution in [0.15, 0.2) is 97.2 Å². The fraction of sp³-hybridized carbons (Fsp3) is 0.0741. The third-order valence-corrected chi connectivity index (χ3v) is 5.59. The smallest absolute Gasteiger partial charge is 0.200 e. The zero-order valence-corrected chi connectivity index (χ0v) is 16.2. The van der Waals surface area contributed by atoms with E-state index in [1.165, 1.54) is 49.5 Å². The number of pyridine rings is 1. The van der Waals surface area contributed by atoms with Crippen LogP contribution in [0.5, 0.6) is 0 Å². The molecule has 0 bridgehead atoms. The van der Waals surface area contributed by atoms with E-state index in [4.69, 9.17) is 0 Å². The minimum absolute atomic E-state index is 1.25. The van der Waals surface area contributed by atoms with Crippen LogP contribution in [0.3, 0.4) is 0 Å². The predicted molar refractivity (Wildman–Crippen MR) is 118 cm³/mol. The van der Waals surface area contributed by atoms with Gasteiger partial charge in [-0.25, -0.2) is 4.57 Å². The Hall–Kier alpha value is -3.45. The maximum atomic E-state index is 2.32. The van der Waals surface area contributed by atoms with E-state index in [-0.39, 0.29) is 0 Å². The first-order valence-electron chi connectivity index (χ1n) is 9.68. The maximum absolute atomic E-state index is 2.32. The molecule has 0 aliphatic heterocycles. The van der Waals surface area contributed by atoms with E-state index in [1.54, 1.807) is 0 Å². The fourth-order valence-electron chi connectivity index (χ4n) is 4.13. The third kappa shape index (κ3) is 2.76. The van der Waals surface area contributed by atoms with Gasteiger partial charge in [0.1, 0.15) is 7.05 Å². The molecular weight excluding hydrogens is 338 g/mol. The SMILES string of the molecule is Cc1cc2ccccc2cc1-c1c2ccc(-c3ccccc3)cc2cc[n+]1C. The Balaban J connectivity index is 1.76. The fourth-order valence-corrected chi connectivity index (χ4v) is 4.13. The van der Waals surface area contributed by atoms with Crippen LogP contribution in [0.25, 0.3) is 43.9 Å². The van der Waals surface area contributed by atoms with Gasteiger partial charge in [-0.3, -0.25) is 0 Å². The summed E-state index contributed by atoms with van der Waals surface area (Å²) >= 11 is 0. The van der Waals surface area contributed by atoms with E-state index in [0.717, 1.165) is 0 Å². The molecule has 28 heavy (non-hydrogen) atoms. The van der Waals surface area contributed by atoms with Crippen molar-refractivity contribution in [3.8, 4) is 22.4 Å². The summed E-state index contributed by atoms with van der Waals surface area (Å²) in [6.45, 7) is 2.21. The van der Waals surface area contributed by atoms with Gasteiger partial charge in [0.2, 0.25) is 5.69 Å². The van der Waals surface area contributed by atoms with Crippen molar-refractivity contribution in [3.63, 3.8) is 0 Å². The summed E-state index contributed by atoms with van der Waals surface area (Å²) in [4.78, 5) is 0. The largest absolute Gasteiger partial charge is 0.220 e. The van der Waals surface area contributed by atoms with Crippen molar-refractivity contribution >= 4 is 21.5 Å². The summed E-state index contributed by atoms with van der Waals surface area (Å²) in [5.74, 6) is 0. The number of nitrogens with zero attached hydrogens (tertiary/aromatic N) is 1. The molecule has 134 valence electrons. The molecule has 0 spiro atoms. The molecule has 1 heteroatoms. The Morgan fingerprint density at radius 3 is 2.11 bits per heavy atom. The van der Waals surface area contributed by atoms with E-state index in [0.29, 0.717) is 0 Å². The molecule has 0 fully saturated rings. The van der Waals surface area contributed by atoms with Crippen molar-refractivity contribution in [3.05, 3.63) is 103 Å². The van der Waals surface area contributed by atoms with E-state index < -0.39 is 0 Å². The molecule has 0 amide bonds. The maximum Gasteiger partial charge on any atom is 0.220 e. The van der Waals surface area contributed by atoms with Crippen LogP contribution in [-0.4, -0.2) is 0 Å². The Morgan fingerprint density at radius 2 is 1.32 bits per heavy atom. The number of aryl methyl sites for hydroxylation is 2. The molecule has 0 aliphatic rings. The number of rotatable bonds is 2. The standard InChI is InChI=1S/C27H22N/c1-19-16-21-10-6-7-11-22(21)18-26(19)27-25-13-12-23(20-8-4-3-5-9-20)17-24(25)14-15-28(27)2/h3-18H,1-2H3/q+1. The lowest BCUT2D eigenvalue weighted by atomic mass is 9.94. The summed E-state index contributed by atoms with van der Waals surface area (Å²) in [7, 11) is 2.13. The molecule has 0 N–H and O–H groups in total. The molecule has 4 aromatic carbocycles. The second-order valence-electron chi connectivity index (χ2n) is 7.46. The lowest BCUT2D eigenvalue weighted by Crippen LogP contribution is -2.30. The second kappa shape index (κ2) is 6.61. The monoisotopic (exact) mass is 360 g/mol. The summed E-state index contributed by atoms with van der Waals surface area (Å²) in [6, 6.07) is 32.8. The van der Waals surface area contributed by atoms with Crippen LogP contribution in [0.4, 0.5) is 0 Å². The van der Waals surface area contributed by atoms with Gasteiger partial charge in [-0.05, 0) is 58.0 Å². The van der Waals surface area contributed by atoms with Crippen LogP contribution in [-0.2, 0) is 7.05 Å². The zero-order valence-electron chi connectivity index (χ0n) is 16.2. The molecule has 5 aromatic rings. The van der Waals surface area contributed by atoms with Crippen molar-refractivity contribution in [1.82, 2.24) is 0 Å². The summed E-state index contributed by atoms with van der Waals surface area (Å²) in [6.07, 6.45) is 2.17. The van der Waals surface area contributed by atoms with Gasteiger partial charge in [-0.15, -0.1) is 0 Å². The minimum atomic E-state index is 1.25. The van der Waals surface area contributed by atoms with Gasteiger partial charge in [0.25, 0.3) is 0 Å². The van der Waals surface area contributed by atoms with Crippen LogP contribution < -0.4 is 4.57 Å². The van der Waals surface area contributed by atoms with Crippen LogP contribution >= 0.6 is 0 Å². The van der Waals surface area contributed by atoms with E-state index in [1.807, 2.05) is 0 Å². The number of aromatic nitrogens is 1. The number of hydrogen-bond donors (Lipinski definition) is 0. The van der Waals surface area contributed by atoms with Gasteiger partial charge in [-0.1, -0.05) is 66.7 Å². The highest BCUT2D eigenvalue weighted by molar-refractivity contribution is 5.98. The quantitative estimate of drug-likeness (QED) is 0.318. The molecule has 1 nitrogen and oxygen atoms in total. The minimum Gasteiger partial charge on any atom is -0.200 e. The summed E-state index contributed by atoms with van der Waals surface area (Å²) in [5, 5.41) is 5.11. The van der Waals surface area contributed by atoms with Crippen molar-refractivity contribution in [2.75, 3.05) is 0 Å². The van der Waals surface area contributed by atoms with E-state index in [9.17, 15) is 0 Å². The molecule has 0 atom stereocenters. The number of hydrogen-bond acceptors (Lipinski definition) is 0. The van der Waals surface area contributed by atoms with Crippen molar-refractivity contribution in [2.45, 2.75) is 6.92 Å². The summed E-state index contributed by atoms with van der Waals surface area (Å²) in [5.41, 5.74) is 6.36. The molecule has 0 saturated carbocycles. The predicted octanol–water partition coefficient (Wildman–Crippen LogP) is 6.46. The first-order valence-corrected chi connectivity index (χ1v) is 9.68. The lowest BCUT2D eigenvalue weighted by molar-refractivity contribution is -0.659. The van der Waals surface area contributed by atoms with Crippen molar-refractivity contribution in [1.29, 1.82) is 0 Å². The molecule has 5 rings (SSSR count). The Bertz CT molecular complexity index is 1320. The Labute approximate surface area is 165 Å². The zero-order chi connectivity index (χ0) is 19.1. The van der Waals surface area contributed by atoms with Crippen molar-refractivity contribution < 1.29 is 4.57 Å². The Morgan fingerprint density at radius 1 is 0.607 bits per heavy atom. The average molecular weight is 360 g/mol. The van der Waals surface area contributed by atoms with Crippen LogP contribution in [0.1, 0.15) is 5.56 Å². The number of fused-ring (bicyclic) bond motifs is 2. The third-order valence-electron chi connectivity index (χ3n) is 5.59. The van der Waals surface area contributed by atoms with Crippen LogP contribution in [0.2, 0.25) is 0 Å². The van der Waals surface area contributed by atoms with Crippen molar-refractivity contribution in [2.24, 2.45) is 7.05 Å². The molecule has 0 saturated heterocycles. The van der Waals surface area contributed by atoms with Gasteiger partial charge in [0, 0.05) is 6.07 Å². The topological polar surface area (TPSA) is 3.88 Å². The van der Waals surface area contributed by atoms with Gasteiger partial charge >= 0.3 is 0 Å². The molecule has 1 aromatic heterocycles. The number of benzene rings is 4. The van der Waals surface area contributed by atoms with Gasteiger partial charge < -0.3 is 0 Å². The van der Waals surface area contributed by atoms with Crippen LogP contribution in [0, 0.1) is 6.92 Å². The molecule has 1 heterocycles. The van der Waals surface area contributed by atoms with Gasteiger partial charge in [0.05, 0.1) is 10.9 Å². The van der Waals surface area contributed by atoms with E-state index in [2.05, 4.69) is 116 Å². The second-order valence-corrected chi connectivity index (χ2v) is 7.46. The average Bonchev–Trinajstić information content (AvgIpc) is 2.74. The Kier molecular flexibility index (Phi) is 3.95. The lowest BCUT2D eigenvalue weighted by Gasteiger charge is -2.11.